The first-order valence-electron chi connectivity index (χ1n) is 7.30. The molecule has 0 aliphatic carbocycles. The van der Waals surface area contributed by atoms with Gasteiger partial charge in [-0.25, -0.2) is 9.59 Å². The van der Waals surface area contributed by atoms with Crippen molar-refractivity contribution in [3.05, 3.63) is 24.3 Å². The number of benzene rings is 1. The van der Waals surface area contributed by atoms with Gasteiger partial charge in [0.05, 0.1) is 19.3 Å². The molecule has 1 atom stereocenters. The van der Waals surface area contributed by atoms with Crippen LogP contribution in [0.15, 0.2) is 24.3 Å². The van der Waals surface area contributed by atoms with E-state index in [4.69, 9.17) is 9.47 Å². The van der Waals surface area contributed by atoms with Crippen LogP contribution in [-0.4, -0.2) is 49.4 Å². The largest absolute Gasteiger partial charge is 0.450 e. The second kappa shape index (κ2) is 7.65. The Morgan fingerprint density at radius 1 is 1.27 bits per heavy atom. The van der Waals surface area contributed by atoms with Crippen molar-refractivity contribution in [3.63, 3.8) is 0 Å². The Labute approximate surface area is 129 Å². The van der Waals surface area contributed by atoms with Gasteiger partial charge in [-0.1, -0.05) is 0 Å². The van der Waals surface area contributed by atoms with Crippen LogP contribution >= 0.6 is 0 Å². The highest BCUT2D eigenvalue weighted by molar-refractivity contribution is 5.90. The zero-order valence-corrected chi connectivity index (χ0v) is 12.8. The van der Waals surface area contributed by atoms with Gasteiger partial charge in [-0.05, 0) is 38.1 Å². The molecule has 1 fully saturated rings. The fourth-order valence-electron chi connectivity index (χ4n) is 2.13. The third kappa shape index (κ3) is 4.63. The zero-order chi connectivity index (χ0) is 15.9. The molecule has 1 heterocycles. The molecule has 0 radical (unpaired) electrons. The van der Waals surface area contributed by atoms with Gasteiger partial charge in [0.15, 0.2) is 0 Å². The molecular formula is C15H21N3O4. The highest BCUT2D eigenvalue weighted by Crippen LogP contribution is 2.15. The van der Waals surface area contributed by atoms with Gasteiger partial charge in [-0.15, -0.1) is 0 Å². The lowest BCUT2D eigenvalue weighted by atomic mass is 10.2. The van der Waals surface area contributed by atoms with E-state index in [1.807, 2.05) is 6.92 Å². The van der Waals surface area contributed by atoms with Crippen LogP contribution in [0.3, 0.4) is 0 Å². The van der Waals surface area contributed by atoms with E-state index in [1.165, 1.54) is 0 Å². The van der Waals surface area contributed by atoms with Crippen LogP contribution in [0.4, 0.5) is 21.0 Å². The van der Waals surface area contributed by atoms with Crippen LogP contribution in [0, 0.1) is 0 Å². The summed E-state index contributed by atoms with van der Waals surface area (Å²) < 4.78 is 10.2. The monoisotopic (exact) mass is 307 g/mol. The third-order valence-corrected chi connectivity index (χ3v) is 3.19. The van der Waals surface area contributed by atoms with Gasteiger partial charge in [-0.2, -0.15) is 0 Å². The lowest BCUT2D eigenvalue weighted by molar-refractivity contribution is -0.00138. The lowest BCUT2D eigenvalue weighted by Crippen LogP contribution is -2.46. The van der Waals surface area contributed by atoms with Gasteiger partial charge in [0.25, 0.3) is 0 Å². The highest BCUT2D eigenvalue weighted by atomic mass is 16.5. The number of nitrogens with zero attached hydrogens (tertiary/aromatic N) is 1. The Hall–Kier alpha value is -2.28. The number of hydrogen-bond donors (Lipinski definition) is 2. The van der Waals surface area contributed by atoms with Crippen molar-refractivity contribution in [2.75, 3.05) is 36.9 Å². The predicted molar refractivity (Wildman–Crippen MR) is 83.1 cm³/mol. The Kier molecular flexibility index (Phi) is 5.60. The molecule has 2 rings (SSSR count). The van der Waals surface area contributed by atoms with Gasteiger partial charge in [0, 0.05) is 24.5 Å². The van der Waals surface area contributed by atoms with E-state index in [1.54, 1.807) is 36.1 Å². The van der Waals surface area contributed by atoms with E-state index in [0.717, 1.165) is 0 Å². The number of urea groups is 1. The molecule has 1 saturated heterocycles. The molecular weight excluding hydrogens is 286 g/mol. The van der Waals surface area contributed by atoms with Crippen LogP contribution in [0.25, 0.3) is 0 Å². The molecule has 0 saturated carbocycles. The Balaban J connectivity index is 1.87. The first-order chi connectivity index (χ1) is 10.6. The first-order valence-corrected chi connectivity index (χ1v) is 7.30. The molecule has 120 valence electrons. The molecule has 7 heteroatoms. The van der Waals surface area contributed by atoms with Crippen LogP contribution in [0.1, 0.15) is 13.8 Å². The number of nitrogens with one attached hydrogen (secondary N) is 2. The summed E-state index contributed by atoms with van der Waals surface area (Å²) in [5, 5.41) is 5.42. The summed E-state index contributed by atoms with van der Waals surface area (Å²) in [5.41, 5.74) is 1.27. The molecule has 1 aromatic carbocycles. The van der Waals surface area contributed by atoms with E-state index >= 15 is 0 Å². The molecule has 7 nitrogen and oxygen atoms in total. The quantitative estimate of drug-likeness (QED) is 0.899. The summed E-state index contributed by atoms with van der Waals surface area (Å²) in [6, 6.07) is 6.71. The van der Waals surface area contributed by atoms with Gasteiger partial charge < -0.3 is 19.7 Å². The Morgan fingerprint density at radius 3 is 2.50 bits per heavy atom. The van der Waals surface area contributed by atoms with Crippen molar-refractivity contribution in [1.29, 1.82) is 0 Å². The Bertz CT molecular complexity index is 518. The van der Waals surface area contributed by atoms with Crippen molar-refractivity contribution < 1.29 is 19.1 Å². The van der Waals surface area contributed by atoms with Gasteiger partial charge >= 0.3 is 12.1 Å². The normalized spacial score (nSPS) is 17.7. The van der Waals surface area contributed by atoms with Crippen LogP contribution in [-0.2, 0) is 9.47 Å². The van der Waals surface area contributed by atoms with E-state index in [-0.39, 0.29) is 12.1 Å². The summed E-state index contributed by atoms with van der Waals surface area (Å²) in [7, 11) is 0. The first kappa shape index (κ1) is 16.1. The minimum atomic E-state index is -0.499. The second-order valence-electron chi connectivity index (χ2n) is 4.98. The molecule has 22 heavy (non-hydrogen) atoms. The van der Waals surface area contributed by atoms with Gasteiger partial charge in [0.2, 0.25) is 0 Å². The number of carbonyl (C=O) groups is 2. The molecule has 1 aliphatic heterocycles. The average molecular weight is 307 g/mol. The SMILES string of the molecule is CCOC(=O)Nc1ccc(NC(=O)N2CCOC(C)C2)cc1. The standard InChI is InChI=1S/C15H21N3O4/c1-3-21-15(20)17-13-6-4-12(5-7-13)16-14(19)18-8-9-22-11(2)10-18/h4-7,11H,3,8-10H2,1-2H3,(H,16,19)(H,17,20). The number of hydrogen-bond acceptors (Lipinski definition) is 4. The fraction of sp³-hybridized carbons (Fsp3) is 0.467. The molecule has 3 amide bonds. The summed E-state index contributed by atoms with van der Waals surface area (Å²) in [5.74, 6) is 0. The minimum absolute atomic E-state index is 0.0515. The predicted octanol–water partition coefficient (Wildman–Crippen LogP) is 2.51. The lowest BCUT2D eigenvalue weighted by Gasteiger charge is -2.31. The topological polar surface area (TPSA) is 79.9 Å². The number of carbonyl (C=O) groups excluding carboxylic acids is 2. The fourth-order valence-corrected chi connectivity index (χ4v) is 2.13. The summed E-state index contributed by atoms with van der Waals surface area (Å²) >= 11 is 0. The van der Waals surface area contributed by atoms with E-state index in [9.17, 15) is 9.59 Å². The van der Waals surface area contributed by atoms with Crippen LogP contribution < -0.4 is 10.6 Å². The Morgan fingerprint density at radius 2 is 1.91 bits per heavy atom. The maximum absolute atomic E-state index is 12.1. The van der Waals surface area contributed by atoms with E-state index < -0.39 is 6.09 Å². The molecule has 2 N–H and O–H groups in total. The smallest absolute Gasteiger partial charge is 0.411 e. The number of ether oxygens (including phenoxy) is 2. The molecule has 0 aromatic heterocycles. The van der Waals surface area contributed by atoms with Crippen LogP contribution in [0.5, 0.6) is 0 Å². The molecule has 1 aromatic rings. The maximum atomic E-state index is 12.1. The number of anilines is 2. The molecule has 1 aliphatic rings. The van der Waals surface area contributed by atoms with Crippen molar-refractivity contribution in [2.45, 2.75) is 20.0 Å². The average Bonchev–Trinajstić information content (AvgIpc) is 2.49. The summed E-state index contributed by atoms with van der Waals surface area (Å²) in [6.07, 6.45) is -0.447. The maximum Gasteiger partial charge on any atom is 0.411 e. The molecule has 0 bridgehead atoms. The minimum Gasteiger partial charge on any atom is -0.450 e. The second-order valence-corrected chi connectivity index (χ2v) is 4.98. The van der Waals surface area contributed by atoms with Gasteiger partial charge in [-0.3, -0.25) is 5.32 Å². The van der Waals surface area contributed by atoms with Crippen molar-refractivity contribution in [1.82, 2.24) is 4.90 Å². The summed E-state index contributed by atoms with van der Waals surface area (Å²) in [6.45, 7) is 5.71. The number of rotatable bonds is 3. The zero-order valence-electron chi connectivity index (χ0n) is 12.8. The van der Waals surface area contributed by atoms with Gasteiger partial charge in [0.1, 0.15) is 0 Å². The van der Waals surface area contributed by atoms with Crippen molar-refractivity contribution >= 4 is 23.5 Å². The van der Waals surface area contributed by atoms with Crippen molar-refractivity contribution in [3.8, 4) is 0 Å². The third-order valence-electron chi connectivity index (χ3n) is 3.19. The van der Waals surface area contributed by atoms with E-state index in [0.29, 0.717) is 37.7 Å². The summed E-state index contributed by atoms with van der Waals surface area (Å²) in [4.78, 5) is 25.1. The molecule has 1 unspecified atom stereocenters. The van der Waals surface area contributed by atoms with E-state index in [2.05, 4.69) is 10.6 Å². The highest BCUT2D eigenvalue weighted by Gasteiger charge is 2.21. The molecule has 0 spiro atoms. The van der Waals surface area contributed by atoms with Crippen molar-refractivity contribution in [2.24, 2.45) is 0 Å². The number of amides is 3. The number of morpholine rings is 1. The van der Waals surface area contributed by atoms with Crippen LogP contribution in [0.2, 0.25) is 0 Å².